The summed E-state index contributed by atoms with van der Waals surface area (Å²) in [6.07, 6.45) is 4.56. The topological polar surface area (TPSA) is 113 Å². The molecule has 0 aromatic heterocycles. The third kappa shape index (κ3) is 3.60. The summed E-state index contributed by atoms with van der Waals surface area (Å²) in [4.78, 5) is 37.0. The Morgan fingerprint density at radius 3 is 2.48 bits per heavy atom. The van der Waals surface area contributed by atoms with Gasteiger partial charge in [0.25, 0.3) is 5.91 Å². The van der Waals surface area contributed by atoms with Gasteiger partial charge >= 0.3 is 12.0 Å². The molecule has 1 aliphatic heterocycles. The van der Waals surface area contributed by atoms with Gasteiger partial charge in [0.1, 0.15) is 6.04 Å². The molecule has 3 atom stereocenters. The molecule has 3 rings (SSSR count). The van der Waals surface area contributed by atoms with Gasteiger partial charge in [-0.25, -0.2) is 9.59 Å². The average molecular weight is 345 g/mol. The predicted molar refractivity (Wildman–Crippen MR) is 90.8 cm³/mol. The van der Waals surface area contributed by atoms with E-state index in [0.29, 0.717) is 12.0 Å². The number of nitrogens with zero attached hydrogens (tertiary/aromatic N) is 1. The molecule has 2 aliphatic rings. The van der Waals surface area contributed by atoms with Gasteiger partial charge in [-0.05, 0) is 42.9 Å². The number of nitrogens with two attached hydrogens (primary N) is 1. The second kappa shape index (κ2) is 7.13. The number of carboxylic acid groups (broad SMARTS) is 1. The fourth-order valence-corrected chi connectivity index (χ4v) is 4.08. The van der Waals surface area contributed by atoms with Gasteiger partial charge in [-0.2, -0.15) is 0 Å². The van der Waals surface area contributed by atoms with Gasteiger partial charge < -0.3 is 21.1 Å². The van der Waals surface area contributed by atoms with E-state index < -0.39 is 18.0 Å². The van der Waals surface area contributed by atoms with E-state index in [1.165, 1.54) is 0 Å². The summed E-state index contributed by atoms with van der Waals surface area (Å²) in [5.41, 5.74) is 6.33. The van der Waals surface area contributed by atoms with E-state index in [-0.39, 0.29) is 24.4 Å². The van der Waals surface area contributed by atoms with E-state index >= 15 is 0 Å². The van der Waals surface area contributed by atoms with Crippen molar-refractivity contribution in [2.75, 3.05) is 0 Å². The molecule has 0 radical (unpaired) electrons. The van der Waals surface area contributed by atoms with E-state index in [0.717, 1.165) is 31.2 Å². The highest BCUT2D eigenvalue weighted by molar-refractivity contribution is 5.97. The van der Waals surface area contributed by atoms with Crippen LogP contribution < -0.4 is 11.1 Å². The minimum absolute atomic E-state index is 0.0264. The molecule has 0 bridgehead atoms. The number of benzene rings is 1. The van der Waals surface area contributed by atoms with Crippen LogP contribution in [-0.2, 0) is 11.3 Å². The molecular weight excluding hydrogens is 322 g/mol. The molecule has 134 valence electrons. The van der Waals surface area contributed by atoms with Crippen LogP contribution in [0.5, 0.6) is 0 Å². The van der Waals surface area contributed by atoms with E-state index in [1.54, 1.807) is 29.2 Å². The molecule has 1 saturated heterocycles. The molecular formula is C18H23N3O4. The summed E-state index contributed by atoms with van der Waals surface area (Å²) in [6.45, 7) is 0.288. The number of carbonyl (C=O) groups excluding carboxylic acids is 2. The Balaban J connectivity index is 1.78. The fraction of sp³-hybridized carbons (Fsp3) is 0.500. The number of amides is 3. The molecule has 3 amide bonds. The van der Waals surface area contributed by atoms with Crippen LogP contribution in [0.15, 0.2) is 24.3 Å². The summed E-state index contributed by atoms with van der Waals surface area (Å²) in [7, 11) is 0. The van der Waals surface area contributed by atoms with Gasteiger partial charge in [-0.3, -0.25) is 4.79 Å². The van der Waals surface area contributed by atoms with Crippen molar-refractivity contribution in [1.82, 2.24) is 10.2 Å². The van der Waals surface area contributed by atoms with Crippen molar-refractivity contribution in [2.24, 2.45) is 11.7 Å². The van der Waals surface area contributed by atoms with Crippen LogP contribution in [0.3, 0.4) is 0 Å². The number of primary amides is 1. The Kier molecular flexibility index (Phi) is 4.92. The maximum atomic E-state index is 13.0. The number of nitrogens with one attached hydrogen (secondary N) is 1. The second-order valence-corrected chi connectivity index (χ2v) is 6.83. The van der Waals surface area contributed by atoms with Gasteiger partial charge in [0.15, 0.2) is 0 Å². The lowest BCUT2D eigenvalue weighted by Gasteiger charge is -2.33. The quantitative estimate of drug-likeness (QED) is 0.771. The Bertz CT molecular complexity index is 673. The van der Waals surface area contributed by atoms with Crippen molar-refractivity contribution in [3.8, 4) is 0 Å². The molecule has 1 aliphatic carbocycles. The highest BCUT2D eigenvalue weighted by Gasteiger charge is 2.47. The standard InChI is InChI=1S/C18H23N3O4/c19-18(25)20-10-11-5-7-12(8-6-11)16(22)21-14-4-2-1-3-13(14)9-15(21)17(23)24/h5-8,13-15H,1-4,9-10H2,(H,23,24)(H3,19,20,25)/t13-,14-,15+/m1/s1. The third-order valence-corrected chi connectivity index (χ3v) is 5.28. The van der Waals surface area contributed by atoms with Gasteiger partial charge in [0.2, 0.25) is 0 Å². The smallest absolute Gasteiger partial charge is 0.326 e. The lowest BCUT2D eigenvalue weighted by atomic mass is 9.84. The third-order valence-electron chi connectivity index (χ3n) is 5.28. The molecule has 1 aromatic rings. The molecule has 2 fully saturated rings. The summed E-state index contributed by atoms with van der Waals surface area (Å²) >= 11 is 0. The van der Waals surface area contributed by atoms with Crippen molar-refractivity contribution >= 4 is 17.9 Å². The first-order chi connectivity index (χ1) is 12.0. The Labute approximate surface area is 146 Å². The zero-order valence-electron chi connectivity index (χ0n) is 14.0. The largest absolute Gasteiger partial charge is 0.480 e. The number of aliphatic carboxylic acids is 1. The summed E-state index contributed by atoms with van der Waals surface area (Å²) in [5.74, 6) is -0.862. The number of likely N-dealkylation sites (tertiary alicyclic amines) is 1. The first-order valence-electron chi connectivity index (χ1n) is 8.65. The minimum Gasteiger partial charge on any atom is -0.480 e. The van der Waals surface area contributed by atoms with Gasteiger partial charge in [-0.15, -0.1) is 0 Å². The normalized spacial score (nSPS) is 25.3. The van der Waals surface area contributed by atoms with Crippen LogP contribution in [-0.4, -0.2) is 40.0 Å². The lowest BCUT2D eigenvalue weighted by Crippen LogP contribution is -2.46. The molecule has 0 spiro atoms. The van der Waals surface area contributed by atoms with Gasteiger partial charge in [-0.1, -0.05) is 25.0 Å². The maximum absolute atomic E-state index is 13.0. The summed E-state index contributed by atoms with van der Waals surface area (Å²) in [6, 6.07) is 5.52. The van der Waals surface area contributed by atoms with Crippen LogP contribution in [0.4, 0.5) is 4.79 Å². The van der Waals surface area contributed by atoms with E-state index in [4.69, 9.17) is 5.73 Å². The molecule has 7 heteroatoms. The Morgan fingerprint density at radius 1 is 1.16 bits per heavy atom. The molecule has 25 heavy (non-hydrogen) atoms. The number of rotatable bonds is 4. The van der Waals surface area contributed by atoms with E-state index in [9.17, 15) is 19.5 Å². The van der Waals surface area contributed by atoms with Crippen molar-refractivity contribution in [3.63, 3.8) is 0 Å². The molecule has 1 aromatic carbocycles. The first-order valence-corrected chi connectivity index (χ1v) is 8.65. The lowest BCUT2D eigenvalue weighted by molar-refractivity contribution is -0.141. The van der Waals surface area contributed by atoms with Crippen molar-refractivity contribution in [3.05, 3.63) is 35.4 Å². The monoisotopic (exact) mass is 345 g/mol. The van der Waals surface area contributed by atoms with E-state index in [2.05, 4.69) is 5.32 Å². The molecule has 0 unspecified atom stereocenters. The number of carbonyl (C=O) groups is 3. The highest BCUT2D eigenvalue weighted by atomic mass is 16.4. The number of fused-ring (bicyclic) bond motifs is 1. The Morgan fingerprint density at radius 2 is 1.84 bits per heavy atom. The van der Waals surface area contributed by atoms with Crippen LogP contribution >= 0.6 is 0 Å². The average Bonchev–Trinajstić information content (AvgIpc) is 2.99. The number of urea groups is 1. The van der Waals surface area contributed by atoms with Crippen molar-refractivity contribution < 1.29 is 19.5 Å². The predicted octanol–water partition coefficient (Wildman–Crippen LogP) is 1.71. The second-order valence-electron chi connectivity index (χ2n) is 6.83. The zero-order chi connectivity index (χ0) is 18.0. The number of hydrogen-bond donors (Lipinski definition) is 3. The highest BCUT2D eigenvalue weighted by Crippen LogP contribution is 2.40. The molecule has 1 saturated carbocycles. The fourth-order valence-electron chi connectivity index (χ4n) is 4.08. The van der Waals surface area contributed by atoms with Crippen LogP contribution in [0.1, 0.15) is 48.0 Å². The van der Waals surface area contributed by atoms with Crippen molar-refractivity contribution in [1.29, 1.82) is 0 Å². The van der Waals surface area contributed by atoms with Gasteiger partial charge in [0, 0.05) is 18.2 Å². The first kappa shape index (κ1) is 17.3. The van der Waals surface area contributed by atoms with Crippen LogP contribution in [0.2, 0.25) is 0 Å². The van der Waals surface area contributed by atoms with Crippen molar-refractivity contribution in [2.45, 2.75) is 50.7 Å². The van der Waals surface area contributed by atoms with Crippen LogP contribution in [0.25, 0.3) is 0 Å². The minimum atomic E-state index is -0.926. The SMILES string of the molecule is NC(=O)NCc1ccc(C(=O)N2[C@@H]3CCCC[C@@H]3C[C@H]2C(=O)O)cc1. The van der Waals surface area contributed by atoms with Gasteiger partial charge in [0.05, 0.1) is 0 Å². The number of carboxylic acids is 1. The molecule has 1 heterocycles. The number of hydrogen-bond acceptors (Lipinski definition) is 3. The Hall–Kier alpha value is -2.57. The van der Waals surface area contributed by atoms with Crippen LogP contribution in [0, 0.1) is 5.92 Å². The molecule has 4 N–H and O–H groups in total. The zero-order valence-corrected chi connectivity index (χ0v) is 14.0. The van der Waals surface area contributed by atoms with E-state index in [1.807, 2.05) is 0 Å². The maximum Gasteiger partial charge on any atom is 0.326 e. The summed E-state index contributed by atoms with van der Waals surface area (Å²) in [5, 5.41) is 12.0. The summed E-state index contributed by atoms with van der Waals surface area (Å²) < 4.78 is 0. The molecule has 7 nitrogen and oxygen atoms in total.